The minimum absolute atomic E-state index is 0.280. The van der Waals surface area contributed by atoms with Crippen LogP contribution in [0.15, 0.2) is 42.5 Å². The summed E-state index contributed by atoms with van der Waals surface area (Å²) in [5.41, 5.74) is 2.13. The first kappa shape index (κ1) is 20.9. The van der Waals surface area contributed by atoms with E-state index in [1.165, 1.54) is 5.56 Å². The van der Waals surface area contributed by atoms with Crippen molar-refractivity contribution in [2.45, 2.75) is 31.3 Å². The van der Waals surface area contributed by atoms with Gasteiger partial charge >= 0.3 is 0 Å². The molecule has 1 unspecified atom stereocenters. The molecule has 3 saturated heterocycles. The minimum Gasteiger partial charge on any atom is -0.385 e. The molecule has 2 aromatic rings. The molecular formula is C25H31N3O2. The number of hydrogen-bond acceptors (Lipinski definition) is 5. The first-order valence-electron chi connectivity index (χ1n) is 10.9. The molecule has 1 aromatic carbocycles. The average molecular weight is 406 g/mol. The zero-order chi connectivity index (χ0) is 20.8. The van der Waals surface area contributed by atoms with E-state index in [0.717, 1.165) is 62.6 Å². The first-order valence-corrected chi connectivity index (χ1v) is 10.9. The van der Waals surface area contributed by atoms with E-state index in [2.05, 4.69) is 34.2 Å². The zero-order valence-corrected chi connectivity index (χ0v) is 17.7. The van der Waals surface area contributed by atoms with Crippen molar-refractivity contribution in [3.63, 3.8) is 0 Å². The van der Waals surface area contributed by atoms with Gasteiger partial charge in [0.2, 0.25) is 0 Å². The highest BCUT2D eigenvalue weighted by Crippen LogP contribution is 2.35. The molecule has 5 rings (SSSR count). The van der Waals surface area contributed by atoms with Gasteiger partial charge in [-0.1, -0.05) is 42.2 Å². The number of ether oxygens (including phenoxy) is 1. The maximum absolute atomic E-state index is 11.2. The van der Waals surface area contributed by atoms with E-state index in [0.29, 0.717) is 13.0 Å². The Morgan fingerprint density at radius 2 is 2.00 bits per heavy atom. The molecule has 1 atom stereocenters. The van der Waals surface area contributed by atoms with Gasteiger partial charge in [0.25, 0.3) is 0 Å². The van der Waals surface area contributed by atoms with E-state index < -0.39 is 5.60 Å². The largest absolute Gasteiger partial charge is 0.385 e. The van der Waals surface area contributed by atoms with E-state index in [9.17, 15) is 5.11 Å². The van der Waals surface area contributed by atoms with Crippen LogP contribution in [0.2, 0.25) is 0 Å². The molecule has 0 saturated carbocycles. The van der Waals surface area contributed by atoms with E-state index in [1.807, 2.05) is 30.3 Å². The monoisotopic (exact) mass is 405 g/mol. The Morgan fingerprint density at radius 1 is 1.20 bits per heavy atom. The Morgan fingerprint density at radius 3 is 2.70 bits per heavy atom. The van der Waals surface area contributed by atoms with Crippen molar-refractivity contribution in [2.24, 2.45) is 5.92 Å². The number of anilines is 1. The number of aromatic nitrogens is 1. The summed E-state index contributed by atoms with van der Waals surface area (Å²) >= 11 is 0. The third kappa shape index (κ3) is 5.02. The topological polar surface area (TPSA) is 57.6 Å². The quantitative estimate of drug-likeness (QED) is 0.548. The fraction of sp³-hybridized carbons (Fsp3) is 0.480. The lowest BCUT2D eigenvalue weighted by molar-refractivity contribution is -0.0713. The van der Waals surface area contributed by atoms with Crippen molar-refractivity contribution >= 4 is 5.82 Å². The van der Waals surface area contributed by atoms with Gasteiger partial charge in [-0.05, 0) is 50.0 Å². The minimum atomic E-state index is -0.905. The molecule has 2 bridgehead atoms. The predicted molar refractivity (Wildman–Crippen MR) is 119 cm³/mol. The summed E-state index contributed by atoms with van der Waals surface area (Å²) in [6.07, 6.45) is 3.71. The second kappa shape index (κ2) is 9.61. The number of benzene rings is 1. The van der Waals surface area contributed by atoms with Crippen LogP contribution in [0.25, 0.3) is 0 Å². The van der Waals surface area contributed by atoms with Gasteiger partial charge in [0.05, 0.1) is 5.69 Å². The van der Waals surface area contributed by atoms with Gasteiger partial charge in [0, 0.05) is 44.7 Å². The highest BCUT2D eigenvalue weighted by Gasteiger charge is 2.44. The number of nitrogens with zero attached hydrogens (tertiary/aromatic N) is 2. The van der Waals surface area contributed by atoms with Crippen molar-refractivity contribution in [2.75, 3.05) is 45.2 Å². The molecule has 5 heteroatoms. The molecule has 2 N–H and O–H groups in total. The smallest absolute Gasteiger partial charge is 0.141 e. The maximum atomic E-state index is 11.2. The summed E-state index contributed by atoms with van der Waals surface area (Å²) in [6, 6.07) is 14.3. The van der Waals surface area contributed by atoms with Gasteiger partial charge in [0.15, 0.2) is 0 Å². The summed E-state index contributed by atoms with van der Waals surface area (Å²) in [5, 5.41) is 14.5. The van der Waals surface area contributed by atoms with Gasteiger partial charge in [-0.2, -0.15) is 0 Å². The Kier molecular flexibility index (Phi) is 6.69. The van der Waals surface area contributed by atoms with Crippen molar-refractivity contribution in [1.29, 1.82) is 0 Å². The summed E-state index contributed by atoms with van der Waals surface area (Å²) in [5.74, 6) is 7.66. The second-order valence-electron chi connectivity index (χ2n) is 8.35. The van der Waals surface area contributed by atoms with Gasteiger partial charge in [-0.25, -0.2) is 4.98 Å². The first-order chi connectivity index (χ1) is 14.7. The molecule has 3 aliphatic heterocycles. The Labute approximate surface area is 179 Å². The van der Waals surface area contributed by atoms with E-state index >= 15 is 0 Å². The van der Waals surface area contributed by atoms with Crippen LogP contribution < -0.4 is 5.32 Å². The molecule has 3 fully saturated rings. The van der Waals surface area contributed by atoms with Crippen LogP contribution in [0, 0.1) is 17.8 Å². The number of nitrogens with one attached hydrogen (secondary N) is 1. The number of hydrogen-bond donors (Lipinski definition) is 2. The van der Waals surface area contributed by atoms with Crippen molar-refractivity contribution in [1.82, 2.24) is 9.88 Å². The van der Waals surface area contributed by atoms with Crippen LogP contribution in [-0.2, 0) is 11.2 Å². The molecule has 0 aliphatic carbocycles. The Balaban J connectivity index is 1.57. The summed E-state index contributed by atoms with van der Waals surface area (Å²) in [4.78, 5) is 7.18. The molecule has 158 valence electrons. The van der Waals surface area contributed by atoms with Crippen LogP contribution in [0.5, 0.6) is 0 Å². The lowest BCUT2D eigenvalue weighted by atomic mass is 9.75. The van der Waals surface area contributed by atoms with E-state index in [1.54, 1.807) is 7.11 Å². The summed E-state index contributed by atoms with van der Waals surface area (Å²) in [6.45, 7) is 4.36. The van der Waals surface area contributed by atoms with E-state index in [-0.39, 0.29) is 5.92 Å². The number of pyridine rings is 1. The molecule has 4 heterocycles. The highest BCUT2D eigenvalue weighted by atomic mass is 16.5. The van der Waals surface area contributed by atoms with Crippen LogP contribution in [0.4, 0.5) is 5.82 Å². The van der Waals surface area contributed by atoms with E-state index in [4.69, 9.17) is 9.72 Å². The normalized spacial score (nSPS) is 24.9. The molecular weight excluding hydrogens is 374 g/mol. The summed E-state index contributed by atoms with van der Waals surface area (Å²) < 4.78 is 5.12. The van der Waals surface area contributed by atoms with Gasteiger partial charge < -0.3 is 15.2 Å². The van der Waals surface area contributed by atoms with Gasteiger partial charge in [0.1, 0.15) is 11.4 Å². The maximum Gasteiger partial charge on any atom is 0.141 e. The van der Waals surface area contributed by atoms with Crippen molar-refractivity contribution < 1.29 is 9.84 Å². The predicted octanol–water partition coefficient (Wildman–Crippen LogP) is 2.93. The number of fused-ring (bicyclic) bond motifs is 3. The number of aliphatic hydroxyl groups is 1. The third-order valence-corrected chi connectivity index (χ3v) is 6.16. The second-order valence-corrected chi connectivity index (χ2v) is 8.35. The van der Waals surface area contributed by atoms with Crippen LogP contribution in [0.3, 0.4) is 0 Å². The number of rotatable bonds is 7. The third-order valence-electron chi connectivity index (χ3n) is 6.16. The molecule has 0 radical (unpaired) electrons. The van der Waals surface area contributed by atoms with Gasteiger partial charge in [-0.15, -0.1) is 0 Å². The number of methoxy groups -OCH3 is 1. The zero-order valence-electron chi connectivity index (χ0n) is 17.7. The molecule has 0 spiro atoms. The SMILES string of the molecule is COCCCNc1ccc(C#CC2(O)CN3CCC2CC3)c(Cc2ccccc2)n1. The van der Waals surface area contributed by atoms with Crippen molar-refractivity contribution in [3.05, 3.63) is 59.3 Å². The molecule has 30 heavy (non-hydrogen) atoms. The molecule has 5 nitrogen and oxygen atoms in total. The van der Waals surface area contributed by atoms with Gasteiger partial charge in [-0.3, -0.25) is 4.90 Å². The molecule has 3 aliphatic rings. The average Bonchev–Trinajstić information content (AvgIpc) is 2.77. The Hall–Kier alpha value is -2.39. The fourth-order valence-corrected chi connectivity index (χ4v) is 4.43. The fourth-order valence-electron chi connectivity index (χ4n) is 4.43. The lowest BCUT2D eigenvalue weighted by Crippen LogP contribution is -2.58. The lowest BCUT2D eigenvalue weighted by Gasteiger charge is -2.47. The highest BCUT2D eigenvalue weighted by molar-refractivity contribution is 5.48. The molecule has 0 amide bonds. The molecule has 1 aromatic heterocycles. The Bertz CT molecular complexity index is 898. The summed E-state index contributed by atoms with van der Waals surface area (Å²) in [7, 11) is 1.72. The van der Waals surface area contributed by atoms with Crippen molar-refractivity contribution in [3.8, 4) is 11.8 Å². The standard InChI is InChI=1S/C25H31N3O2/c1-30-17-5-14-26-24-9-8-21(23(27-24)18-20-6-3-2-4-7-20)10-13-25(29)19-28-15-11-22(25)12-16-28/h2-4,6-9,22,29H,5,11-12,14-19H2,1H3,(H,26,27). The van der Waals surface area contributed by atoms with Crippen LogP contribution in [-0.4, -0.2) is 60.5 Å². The van der Waals surface area contributed by atoms with Crippen LogP contribution in [0.1, 0.15) is 36.1 Å². The number of piperidine rings is 3. The van der Waals surface area contributed by atoms with Crippen LogP contribution >= 0.6 is 0 Å².